The fraction of sp³-hybridized carbons (Fsp3) is 0.0938. The van der Waals surface area contributed by atoms with E-state index < -0.39 is 0 Å². The van der Waals surface area contributed by atoms with Crippen molar-refractivity contribution in [1.82, 2.24) is 34.9 Å². The van der Waals surface area contributed by atoms with Crippen LogP contribution in [0.4, 0.5) is 0 Å². The molecular formula is C32H23N7O. The quantitative estimate of drug-likeness (QED) is 0.240. The highest BCUT2D eigenvalue weighted by atomic mass is 16.6. The van der Waals surface area contributed by atoms with E-state index in [1.54, 1.807) is 0 Å². The van der Waals surface area contributed by atoms with Crippen LogP contribution in [0.25, 0.3) is 72.1 Å². The molecule has 0 N–H and O–H groups in total. The summed E-state index contributed by atoms with van der Waals surface area (Å²) in [4.78, 5) is 5.10. The van der Waals surface area contributed by atoms with Gasteiger partial charge in [-0.15, -0.1) is 5.10 Å². The lowest BCUT2D eigenvalue weighted by Crippen LogP contribution is -2.02. The number of aromatic nitrogens is 7. The van der Waals surface area contributed by atoms with Crippen LogP contribution in [0.15, 0.2) is 102 Å². The van der Waals surface area contributed by atoms with Gasteiger partial charge in [0, 0.05) is 27.9 Å². The molecule has 0 aliphatic carbocycles. The lowest BCUT2D eigenvalue weighted by molar-refractivity contribution is 0.315. The van der Waals surface area contributed by atoms with Crippen molar-refractivity contribution in [3.8, 4) is 28.2 Å². The summed E-state index contributed by atoms with van der Waals surface area (Å²) in [6.07, 6.45) is 0. The molecule has 8 nitrogen and oxygen atoms in total. The summed E-state index contributed by atoms with van der Waals surface area (Å²) in [6.45, 7) is 4.22. The Bertz CT molecular complexity index is 2220. The SMILES string of the molecule is CC(C)n1nnc2cc(-c3c(-c4ccc5nonc5c4)n(-c4ccc5ccccc5n4)c4ccccc34)ccc21. The molecule has 8 rings (SSSR count). The summed E-state index contributed by atoms with van der Waals surface area (Å²) in [5.74, 6) is 0.835. The summed E-state index contributed by atoms with van der Waals surface area (Å²) < 4.78 is 9.22. The van der Waals surface area contributed by atoms with Gasteiger partial charge in [0.1, 0.15) is 22.4 Å². The molecule has 4 aromatic heterocycles. The Morgan fingerprint density at radius 2 is 1.48 bits per heavy atom. The largest absolute Gasteiger partial charge is 0.293 e. The molecule has 4 heterocycles. The highest BCUT2D eigenvalue weighted by Gasteiger charge is 2.23. The molecule has 0 atom stereocenters. The molecule has 8 heteroatoms. The first kappa shape index (κ1) is 22.6. The maximum atomic E-state index is 5.10. The average Bonchev–Trinajstić information content (AvgIpc) is 3.71. The molecule has 0 amide bonds. The molecule has 192 valence electrons. The topological polar surface area (TPSA) is 87.5 Å². The minimum absolute atomic E-state index is 0.218. The van der Waals surface area contributed by atoms with Crippen molar-refractivity contribution in [1.29, 1.82) is 0 Å². The van der Waals surface area contributed by atoms with Gasteiger partial charge in [-0.25, -0.2) is 14.3 Å². The van der Waals surface area contributed by atoms with Crippen molar-refractivity contribution >= 4 is 43.9 Å². The first-order valence-corrected chi connectivity index (χ1v) is 13.2. The Balaban J connectivity index is 1.48. The molecule has 0 spiro atoms. The van der Waals surface area contributed by atoms with Gasteiger partial charge in [0.15, 0.2) is 0 Å². The van der Waals surface area contributed by atoms with Crippen molar-refractivity contribution in [3.63, 3.8) is 0 Å². The number of pyridine rings is 1. The molecule has 0 bridgehead atoms. The molecule has 0 aliphatic rings. The highest BCUT2D eigenvalue weighted by molar-refractivity contribution is 6.07. The maximum absolute atomic E-state index is 5.10. The second-order valence-corrected chi connectivity index (χ2v) is 10.2. The minimum Gasteiger partial charge on any atom is -0.293 e. The molecule has 0 saturated heterocycles. The van der Waals surface area contributed by atoms with Crippen LogP contribution in [0.1, 0.15) is 19.9 Å². The average molecular weight is 522 g/mol. The maximum Gasteiger partial charge on any atom is 0.138 e. The van der Waals surface area contributed by atoms with E-state index in [0.29, 0.717) is 11.0 Å². The number of para-hydroxylation sites is 2. The van der Waals surface area contributed by atoms with Crippen LogP contribution in [-0.4, -0.2) is 34.9 Å². The van der Waals surface area contributed by atoms with E-state index in [1.165, 1.54) is 0 Å². The number of hydrogen-bond acceptors (Lipinski definition) is 6. The molecule has 40 heavy (non-hydrogen) atoms. The van der Waals surface area contributed by atoms with Crippen LogP contribution >= 0.6 is 0 Å². The van der Waals surface area contributed by atoms with Crippen LogP contribution in [0.3, 0.4) is 0 Å². The molecule has 0 fully saturated rings. The Kier molecular flexibility index (Phi) is 4.84. The molecule has 0 unspecified atom stereocenters. The first-order chi connectivity index (χ1) is 19.7. The second-order valence-electron chi connectivity index (χ2n) is 10.2. The van der Waals surface area contributed by atoms with Crippen molar-refractivity contribution in [2.45, 2.75) is 19.9 Å². The van der Waals surface area contributed by atoms with Gasteiger partial charge in [0.05, 0.1) is 22.2 Å². The van der Waals surface area contributed by atoms with Crippen LogP contribution in [-0.2, 0) is 0 Å². The number of nitrogens with zero attached hydrogens (tertiary/aromatic N) is 7. The molecule has 0 saturated carbocycles. The monoisotopic (exact) mass is 521 g/mol. The zero-order valence-corrected chi connectivity index (χ0v) is 21.9. The predicted octanol–water partition coefficient (Wildman–Crippen LogP) is 7.37. The normalized spacial score (nSPS) is 12.0. The Labute approximate surface area is 228 Å². The Hall–Kier alpha value is -5.37. The third kappa shape index (κ3) is 3.36. The summed E-state index contributed by atoms with van der Waals surface area (Å²) in [5.41, 5.74) is 9.39. The van der Waals surface area contributed by atoms with Crippen LogP contribution in [0, 0.1) is 0 Å². The number of fused-ring (bicyclic) bond motifs is 4. The molecule has 4 aromatic carbocycles. The number of benzene rings is 4. The van der Waals surface area contributed by atoms with E-state index in [2.05, 4.69) is 106 Å². The molecule has 8 aromatic rings. The third-order valence-corrected chi connectivity index (χ3v) is 7.46. The van der Waals surface area contributed by atoms with Crippen molar-refractivity contribution in [3.05, 3.63) is 97.1 Å². The lowest BCUT2D eigenvalue weighted by Gasteiger charge is -2.13. The van der Waals surface area contributed by atoms with Gasteiger partial charge < -0.3 is 0 Å². The van der Waals surface area contributed by atoms with Crippen LogP contribution in [0.5, 0.6) is 0 Å². The van der Waals surface area contributed by atoms with E-state index in [1.807, 2.05) is 35.0 Å². The minimum atomic E-state index is 0.218. The fourth-order valence-corrected chi connectivity index (χ4v) is 5.63. The van der Waals surface area contributed by atoms with Gasteiger partial charge in [-0.1, -0.05) is 53.7 Å². The van der Waals surface area contributed by atoms with Gasteiger partial charge in [-0.3, -0.25) is 4.57 Å². The predicted molar refractivity (Wildman–Crippen MR) is 156 cm³/mol. The molecule has 0 radical (unpaired) electrons. The summed E-state index contributed by atoms with van der Waals surface area (Å²) >= 11 is 0. The number of rotatable bonds is 4. The van der Waals surface area contributed by atoms with E-state index in [4.69, 9.17) is 9.61 Å². The van der Waals surface area contributed by atoms with Crippen molar-refractivity contribution < 1.29 is 4.63 Å². The third-order valence-electron chi connectivity index (χ3n) is 7.46. The first-order valence-electron chi connectivity index (χ1n) is 13.2. The molecule has 0 aliphatic heterocycles. The molecular weight excluding hydrogens is 498 g/mol. The number of hydrogen-bond donors (Lipinski definition) is 0. The van der Waals surface area contributed by atoms with E-state index >= 15 is 0 Å². The zero-order chi connectivity index (χ0) is 26.8. The van der Waals surface area contributed by atoms with Crippen molar-refractivity contribution in [2.24, 2.45) is 0 Å². The lowest BCUT2D eigenvalue weighted by atomic mass is 9.97. The van der Waals surface area contributed by atoms with E-state index in [9.17, 15) is 0 Å². The van der Waals surface area contributed by atoms with Crippen LogP contribution < -0.4 is 0 Å². The van der Waals surface area contributed by atoms with Gasteiger partial charge in [0.2, 0.25) is 0 Å². The van der Waals surface area contributed by atoms with Gasteiger partial charge in [-0.05, 0) is 78.3 Å². The van der Waals surface area contributed by atoms with E-state index in [-0.39, 0.29) is 6.04 Å². The standard InChI is InChI=1S/C32H23N7O/c1-19(2)39-29-15-12-21(17-27(29)34-37-39)31-23-8-4-6-10-28(23)38(30-16-13-20-7-3-5-9-24(20)33-30)32(31)22-11-14-25-26(18-22)36-40-35-25/h3-19H,1-2H3. The summed E-state index contributed by atoms with van der Waals surface area (Å²) in [5, 5.41) is 19.3. The fourth-order valence-electron chi connectivity index (χ4n) is 5.63. The van der Waals surface area contributed by atoms with Gasteiger partial charge in [0.25, 0.3) is 0 Å². The summed E-state index contributed by atoms with van der Waals surface area (Å²) in [6, 6.07) is 33.5. The van der Waals surface area contributed by atoms with Gasteiger partial charge >= 0.3 is 0 Å². The smallest absolute Gasteiger partial charge is 0.138 e. The van der Waals surface area contributed by atoms with Crippen LogP contribution in [0.2, 0.25) is 0 Å². The summed E-state index contributed by atoms with van der Waals surface area (Å²) in [7, 11) is 0. The Morgan fingerprint density at radius 1 is 0.675 bits per heavy atom. The van der Waals surface area contributed by atoms with E-state index in [0.717, 1.165) is 61.0 Å². The zero-order valence-electron chi connectivity index (χ0n) is 21.9. The Morgan fingerprint density at radius 3 is 2.40 bits per heavy atom. The second kappa shape index (κ2) is 8.57. The van der Waals surface area contributed by atoms with Crippen molar-refractivity contribution in [2.75, 3.05) is 0 Å². The highest BCUT2D eigenvalue weighted by Crippen LogP contribution is 2.43. The van der Waals surface area contributed by atoms with Gasteiger partial charge in [-0.2, -0.15) is 0 Å².